The smallest absolute Gasteiger partial charge is 0.120 e. The Labute approximate surface area is 130 Å². The summed E-state index contributed by atoms with van der Waals surface area (Å²) in [7, 11) is 2.12. The summed E-state index contributed by atoms with van der Waals surface area (Å²) in [4.78, 5) is 2.31. The average Bonchev–Trinajstić information content (AvgIpc) is 3.18. The minimum absolute atomic E-state index is 0.242. The van der Waals surface area contributed by atoms with Gasteiger partial charge in [-0.25, -0.2) is 5.43 Å². The van der Waals surface area contributed by atoms with Crippen LogP contribution in [0.15, 0.2) is 47.1 Å². The van der Waals surface area contributed by atoms with E-state index in [-0.39, 0.29) is 12.1 Å². The predicted molar refractivity (Wildman–Crippen MR) is 85.2 cm³/mol. The maximum Gasteiger partial charge on any atom is 0.120 e. The molecule has 3 N–H and O–H groups in total. The molecule has 1 saturated heterocycles. The highest BCUT2D eigenvalue weighted by Gasteiger charge is 2.30. The lowest BCUT2D eigenvalue weighted by Crippen LogP contribution is -2.32. The van der Waals surface area contributed by atoms with Gasteiger partial charge >= 0.3 is 0 Å². The summed E-state index contributed by atoms with van der Waals surface area (Å²) in [5.41, 5.74) is 7.78. The van der Waals surface area contributed by atoms with Crippen LogP contribution in [0.3, 0.4) is 0 Å². The summed E-state index contributed by atoms with van der Waals surface area (Å²) in [6.45, 7) is 4.03. The number of nitrogens with zero attached hydrogens (tertiary/aromatic N) is 1. The third-order valence-electron chi connectivity index (χ3n) is 4.48. The molecule has 3 unspecified atom stereocenters. The van der Waals surface area contributed by atoms with E-state index >= 15 is 0 Å². The molecule has 0 saturated carbocycles. The quantitative estimate of drug-likeness (QED) is 0.792. The lowest BCUT2D eigenvalue weighted by molar-refractivity contribution is 0.194. The van der Waals surface area contributed by atoms with Crippen LogP contribution in [0, 0.1) is 5.92 Å². The Balaban J connectivity index is 1.67. The Kier molecular flexibility index (Phi) is 4.47. The SMILES string of the molecule is CC(c1ccco1)N(C)CC1CNNC1c1ccc(O)cc1. The Morgan fingerprint density at radius 1 is 1.32 bits per heavy atom. The second kappa shape index (κ2) is 6.52. The number of phenols is 1. The minimum Gasteiger partial charge on any atom is -0.508 e. The van der Waals surface area contributed by atoms with Crippen molar-refractivity contribution in [1.29, 1.82) is 0 Å². The summed E-state index contributed by atoms with van der Waals surface area (Å²) in [5.74, 6) is 1.74. The number of hydrazine groups is 1. The first-order valence-electron chi connectivity index (χ1n) is 7.66. The van der Waals surface area contributed by atoms with Crippen molar-refractivity contribution in [2.24, 2.45) is 5.92 Å². The number of phenolic OH excluding ortho intramolecular Hbond substituents is 1. The van der Waals surface area contributed by atoms with Gasteiger partial charge in [0.2, 0.25) is 0 Å². The number of benzene rings is 1. The van der Waals surface area contributed by atoms with Crippen molar-refractivity contribution >= 4 is 0 Å². The maximum atomic E-state index is 9.43. The highest BCUT2D eigenvalue weighted by Crippen LogP contribution is 2.29. The fraction of sp³-hybridized carbons (Fsp3) is 0.412. The Hall–Kier alpha value is -1.82. The molecule has 3 atom stereocenters. The van der Waals surface area contributed by atoms with Gasteiger partial charge in [-0.1, -0.05) is 12.1 Å². The van der Waals surface area contributed by atoms with Crippen molar-refractivity contribution in [2.45, 2.75) is 19.0 Å². The minimum atomic E-state index is 0.242. The zero-order valence-electron chi connectivity index (χ0n) is 13.0. The number of aromatic hydroxyl groups is 1. The highest BCUT2D eigenvalue weighted by molar-refractivity contribution is 5.29. The molecular formula is C17H23N3O2. The van der Waals surface area contributed by atoms with Gasteiger partial charge in [-0.3, -0.25) is 10.3 Å². The van der Waals surface area contributed by atoms with Crippen LogP contribution in [0.1, 0.15) is 30.3 Å². The lowest BCUT2D eigenvalue weighted by atomic mass is 9.94. The van der Waals surface area contributed by atoms with E-state index in [1.54, 1.807) is 18.4 Å². The zero-order chi connectivity index (χ0) is 15.5. The van der Waals surface area contributed by atoms with Crippen LogP contribution < -0.4 is 10.9 Å². The van der Waals surface area contributed by atoms with E-state index in [1.165, 1.54) is 5.56 Å². The molecule has 0 spiro atoms. The van der Waals surface area contributed by atoms with Crippen LogP contribution in [-0.2, 0) is 0 Å². The van der Waals surface area contributed by atoms with Crippen molar-refractivity contribution in [3.05, 3.63) is 54.0 Å². The molecule has 2 aromatic rings. The molecule has 1 aliphatic heterocycles. The molecule has 1 aliphatic rings. The van der Waals surface area contributed by atoms with Gasteiger partial charge in [-0.15, -0.1) is 0 Å². The summed E-state index contributed by atoms with van der Waals surface area (Å²) in [5, 5.41) is 9.43. The first-order valence-corrected chi connectivity index (χ1v) is 7.66. The fourth-order valence-electron chi connectivity index (χ4n) is 3.02. The molecule has 1 fully saturated rings. The number of hydrogen-bond donors (Lipinski definition) is 3. The van der Waals surface area contributed by atoms with E-state index in [0.29, 0.717) is 11.7 Å². The van der Waals surface area contributed by atoms with Crippen LogP contribution in [0.2, 0.25) is 0 Å². The largest absolute Gasteiger partial charge is 0.508 e. The normalized spacial score (nSPS) is 23.0. The predicted octanol–water partition coefficient (Wildman–Crippen LogP) is 2.44. The van der Waals surface area contributed by atoms with Gasteiger partial charge in [0.1, 0.15) is 11.5 Å². The molecule has 1 aromatic heterocycles. The van der Waals surface area contributed by atoms with Crippen molar-refractivity contribution in [1.82, 2.24) is 15.8 Å². The highest BCUT2D eigenvalue weighted by atomic mass is 16.3. The number of rotatable bonds is 5. The van der Waals surface area contributed by atoms with Crippen LogP contribution >= 0.6 is 0 Å². The van der Waals surface area contributed by atoms with Gasteiger partial charge in [0, 0.05) is 19.0 Å². The maximum absolute atomic E-state index is 9.43. The summed E-state index contributed by atoms with van der Waals surface area (Å²) >= 11 is 0. The molecule has 118 valence electrons. The van der Waals surface area contributed by atoms with Crippen molar-refractivity contribution in [2.75, 3.05) is 20.1 Å². The van der Waals surface area contributed by atoms with Gasteiger partial charge in [0.15, 0.2) is 0 Å². The van der Waals surface area contributed by atoms with Crippen molar-refractivity contribution in [3.8, 4) is 5.75 Å². The second-order valence-electron chi connectivity index (χ2n) is 5.99. The molecule has 5 nitrogen and oxygen atoms in total. The monoisotopic (exact) mass is 301 g/mol. The Morgan fingerprint density at radius 3 is 2.77 bits per heavy atom. The van der Waals surface area contributed by atoms with Gasteiger partial charge in [-0.2, -0.15) is 0 Å². The zero-order valence-corrected chi connectivity index (χ0v) is 13.0. The molecule has 5 heteroatoms. The summed E-state index contributed by atoms with van der Waals surface area (Å²) in [6.07, 6.45) is 1.72. The number of nitrogens with one attached hydrogen (secondary N) is 2. The lowest BCUT2D eigenvalue weighted by Gasteiger charge is -2.28. The van der Waals surface area contributed by atoms with E-state index < -0.39 is 0 Å². The van der Waals surface area contributed by atoms with E-state index in [9.17, 15) is 5.11 Å². The standard InChI is InChI=1S/C17H23N3O2/c1-12(16-4-3-9-22-16)20(2)11-14-10-18-19-17(14)13-5-7-15(21)8-6-13/h3-9,12,14,17-19,21H,10-11H2,1-2H3. The van der Waals surface area contributed by atoms with Gasteiger partial charge in [0.25, 0.3) is 0 Å². The molecule has 0 amide bonds. The Bertz CT molecular complexity index is 582. The van der Waals surface area contributed by atoms with E-state index in [4.69, 9.17) is 4.42 Å². The average molecular weight is 301 g/mol. The van der Waals surface area contributed by atoms with Crippen molar-refractivity contribution in [3.63, 3.8) is 0 Å². The molecular weight excluding hydrogens is 278 g/mol. The first-order chi connectivity index (χ1) is 10.6. The fourth-order valence-corrected chi connectivity index (χ4v) is 3.02. The number of hydrogen-bond acceptors (Lipinski definition) is 5. The third-order valence-corrected chi connectivity index (χ3v) is 4.48. The van der Waals surface area contributed by atoms with E-state index in [1.807, 2.05) is 24.3 Å². The van der Waals surface area contributed by atoms with Gasteiger partial charge in [0.05, 0.1) is 18.3 Å². The molecule has 0 aliphatic carbocycles. The number of furan rings is 1. The molecule has 3 rings (SSSR count). The topological polar surface area (TPSA) is 60.7 Å². The van der Waals surface area contributed by atoms with Crippen LogP contribution in [-0.4, -0.2) is 30.1 Å². The first kappa shape index (κ1) is 15.1. The van der Waals surface area contributed by atoms with Gasteiger partial charge < -0.3 is 9.52 Å². The Morgan fingerprint density at radius 2 is 2.09 bits per heavy atom. The molecule has 22 heavy (non-hydrogen) atoms. The molecule has 0 radical (unpaired) electrons. The van der Waals surface area contributed by atoms with Crippen LogP contribution in [0.4, 0.5) is 0 Å². The van der Waals surface area contributed by atoms with Crippen LogP contribution in [0.5, 0.6) is 5.75 Å². The summed E-state index contributed by atoms with van der Waals surface area (Å²) < 4.78 is 5.50. The van der Waals surface area contributed by atoms with E-state index in [2.05, 4.69) is 29.7 Å². The van der Waals surface area contributed by atoms with Crippen molar-refractivity contribution < 1.29 is 9.52 Å². The summed E-state index contributed by atoms with van der Waals surface area (Å²) in [6, 6.07) is 11.9. The molecule has 2 heterocycles. The third kappa shape index (κ3) is 3.16. The molecule has 0 bridgehead atoms. The van der Waals surface area contributed by atoms with E-state index in [0.717, 1.165) is 18.8 Å². The van der Waals surface area contributed by atoms with Crippen LogP contribution in [0.25, 0.3) is 0 Å². The molecule has 1 aromatic carbocycles. The van der Waals surface area contributed by atoms with Gasteiger partial charge in [-0.05, 0) is 43.8 Å². The second-order valence-corrected chi connectivity index (χ2v) is 5.99.